The van der Waals surface area contributed by atoms with E-state index >= 15 is 0 Å². The van der Waals surface area contributed by atoms with Crippen LogP contribution in [0.3, 0.4) is 0 Å². The maximum atomic E-state index is 14.1. The minimum atomic E-state index is -0.0523. The molecule has 1 aromatic heterocycles. The van der Waals surface area contributed by atoms with Gasteiger partial charge in [0.15, 0.2) is 5.96 Å². The van der Waals surface area contributed by atoms with E-state index in [1.54, 1.807) is 10.6 Å². The van der Waals surface area contributed by atoms with Crippen molar-refractivity contribution in [3.05, 3.63) is 62.4 Å². The van der Waals surface area contributed by atoms with Crippen LogP contribution in [0.4, 0.5) is 11.6 Å². The molecule has 2 aliphatic heterocycles. The van der Waals surface area contributed by atoms with E-state index in [1.807, 2.05) is 30.3 Å². The lowest BCUT2D eigenvalue weighted by molar-refractivity contribution is -0.108. The van der Waals surface area contributed by atoms with Crippen molar-refractivity contribution in [1.29, 1.82) is 0 Å². The van der Waals surface area contributed by atoms with E-state index in [2.05, 4.69) is 49.7 Å². The molecule has 8 rings (SSSR count). The molecule has 8 nitrogen and oxygen atoms in total. The van der Waals surface area contributed by atoms with Crippen LogP contribution in [0, 0.1) is 35.0 Å². The van der Waals surface area contributed by atoms with Gasteiger partial charge in [-0.25, -0.2) is 9.98 Å². The average molecular weight is 694 g/mol. The molecular weight excluding hydrogens is 643 g/mol. The summed E-state index contributed by atoms with van der Waals surface area (Å²) in [5.74, 6) is 4.87. The van der Waals surface area contributed by atoms with Gasteiger partial charge in [0.1, 0.15) is 0 Å². The number of hydrogen-bond donors (Lipinski definition) is 1. The number of likely N-dealkylation sites (tertiary alicyclic amines) is 1. The third-order valence-electron chi connectivity index (χ3n) is 11.9. The number of piperidine rings is 1. The van der Waals surface area contributed by atoms with Crippen molar-refractivity contribution in [2.45, 2.75) is 72.9 Å². The minimum absolute atomic E-state index is 0.0523. The predicted molar refractivity (Wildman–Crippen MR) is 198 cm³/mol. The summed E-state index contributed by atoms with van der Waals surface area (Å²) < 4.78 is 7.44. The molecule has 2 unspecified atom stereocenters. The largest absolute Gasteiger partial charge is 0.378 e. The van der Waals surface area contributed by atoms with Gasteiger partial charge in [0, 0.05) is 48.5 Å². The Labute approximate surface area is 294 Å². The second-order valence-corrected chi connectivity index (χ2v) is 16.5. The van der Waals surface area contributed by atoms with Crippen LogP contribution in [0.1, 0.15) is 59.4 Å². The van der Waals surface area contributed by atoms with Gasteiger partial charge in [0.2, 0.25) is 5.95 Å². The molecule has 5 aliphatic rings. The predicted octanol–water partition coefficient (Wildman–Crippen LogP) is 7.60. The Morgan fingerprint density at radius 3 is 2.46 bits per heavy atom. The number of hydrogen-bond acceptors (Lipinski definition) is 5. The van der Waals surface area contributed by atoms with Crippen LogP contribution in [0.25, 0.3) is 10.9 Å². The third kappa shape index (κ3) is 6.57. The molecule has 3 aliphatic carbocycles. The number of ether oxygens (including phenoxy) is 1. The van der Waals surface area contributed by atoms with Gasteiger partial charge in [-0.2, -0.15) is 0 Å². The van der Waals surface area contributed by atoms with Crippen LogP contribution in [0.2, 0.25) is 10.0 Å². The summed E-state index contributed by atoms with van der Waals surface area (Å²) in [6, 6.07) is 11.8. The number of rotatable bonds is 6. The topological polar surface area (TPSA) is 75.0 Å². The number of aryl methyl sites for hydroxylation is 1. The molecule has 3 saturated carbocycles. The lowest BCUT2D eigenvalue weighted by atomic mass is 9.45. The summed E-state index contributed by atoms with van der Waals surface area (Å²) in [4.78, 5) is 29.5. The Bertz CT molecular complexity index is 1740. The first-order chi connectivity index (χ1) is 23.0. The van der Waals surface area contributed by atoms with Crippen molar-refractivity contribution in [1.82, 2.24) is 14.5 Å². The molecule has 2 aromatic carbocycles. The summed E-state index contributed by atoms with van der Waals surface area (Å²) >= 11 is 12.6. The van der Waals surface area contributed by atoms with Crippen LogP contribution in [0.15, 0.2) is 46.2 Å². The molecule has 2 saturated heterocycles. The SMILES string of the molecule is CC1CC(C)CN(/C(=N\[C@H]2C[C@@H]3C[C@H]([C@@H]2C)C3(C)C)Nc2ccc3c(=O)n(CCc4ccc(Cl)cc4Cl)c(N4CCOCC4)nc3c2)C1. The molecule has 10 heteroatoms. The summed E-state index contributed by atoms with van der Waals surface area (Å²) in [5.41, 5.74) is 2.90. The van der Waals surface area contributed by atoms with E-state index in [4.69, 9.17) is 37.9 Å². The highest BCUT2D eigenvalue weighted by atomic mass is 35.5. The van der Waals surface area contributed by atoms with Crippen LogP contribution in [0.5, 0.6) is 0 Å². The molecule has 1 N–H and O–H groups in total. The zero-order valence-electron chi connectivity index (χ0n) is 29.0. The van der Waals surface area contributed by atoms with E-state index in [0.717, 1.165) is 48.6 Å². The fraction of sp³-hybridized carbons (Fsp3) is 0.605. The van der Waals surface area contributed by atoms with Crippen LogP contribution < -0.4 is 15.8 Å². The molecule has 0 radical (unpaired) electrons. The van der Waals surface area contributed by atoms with Crippen molar-refractivity contribution < 1.29 is 4.74 Å². The highest BCUT2D eigenvalue weighted by molar-refractivity contribution is 6.35. The second kappa shape index (κ2) is 13.5. The first-order valence-corrected chi connectivity index (χ1v) is 18.6. The fourth-order valence-electron chi connectivity index (χ4n) is 9.06. The minimum Gasteiger partial charge on any atom is -0.378 e. The molecule has 48 heavy (non-hydrogen) atoms. The zero-order valence-corrected chi connectivity index (χ0v) is 30.5. The summed E-state index contributed by atoms with van der Waals surface area (Å²) in [7, 11) is 0. The van der Waals surface area contributed by atoms with Gasteiger partial charge in [0.25, 0.3) is 5.56 Å². The van der Waals surface area contributed by atoms with E-state index in [-0.39, 0.29) is 5.56 Å². The first-order valence-electron chi connectivity index (χ1n) is 17.9. The molecule has 0 spiro atoms. The quantitative estimate of drug-likeness (QED) is 0.212. The molecular formula is C38H50Cl2N6O2. The smallest absolute Gasteiger partial charge is 0.262 e. The molecule has 3 heterocycles. The maximum absolute atomic E-state index is 14.1. The lowest BCUT2D eigenvalue weighted by Gasteiger charge is -2.61. The number of morpholine rings is 1. The summed E-state index contributed by atoms with van der Waals surface area (Å²) in [6.45, 7) is 17.0. The Kier molecular flexibility index (Phi) is 9.46. The van der Waals surface area contributed by atoms with Crippen LogP contribution >= 0.6 is 23.2 Å². The number of nitrogens with zero attached hydrogens (tertiary/aromatic N) is 5. The highest BCUT2D eigenvalue weighted by Gasteiger charge is 2.56. The molecule has 5 fully saturated rings. The van der Waals surface area contributed by atoms with Crippen molar-refractivity contribution in [3.8, 4) is 0 Å². The molecule has 258 valence electrons. The van der Waals surface area contributed by atoms with Gasteiger partial charge < -0.3 is 19.9 Å². The van der Waals surface area contributed by atoms with Gasteiger partial charge in [-0.3, -0.25) is 9.36 Å². The zero-order chi connectivity index (χ0) is 33.7. The fourth-order valence-corrected chi connectivity index (χ4v) is 9.56. The van der Waals surface area contributed by atoms with Gasteiger partial charge >= 0.3 is 0 Å². The van der Waals surface area contributed by atoms with Gasteiger partial charge in [0.05, 0.1) is 30.2 Å². The Morgan fingerprint density at radius 1 is 1.02 bits per heavy atom. The monoisotopic (exact) mass is 692 g/mol. The second-order valence-electron chi connectivity index (χ2n) is 15.6. The normalized spacial score (nSPS) is 28.8. The van der Waals surface area contributed by atoms with Gasteiger partial charge in [-0.05, 0) is 96.6 Å². The van der Waals surface area contributed by atoms with E-state index < -0.39 is 0 Å². The molecule has 0 amide bonds. The number of benzene rings is 2. The number of guanidine groups is 1. The number of aliphatic imine (C=N–C) groups is 1. The first kappa shape index (κ1) is 33.7. The average Bonchev–Trinajstić information content (AvgIpc) is 3.05. The summed E-state index contributed by atoms with van der Waals surface area (Å²) in [6.07, 6.45) is 4.32. The van der Waals surface area contributed by atoms with Crippen molar-refractivity contribution in [2.24, 2.45) is 40.0 Å². The standard InChI is InChI=1S/C38H50Cl2N6O2/c1-23-16-24(2)22-45(21-23)36(42-33-18-27-17-31(25(33)3)38(27,4)5)41-29-8-9-30-34(20-29)43-37(44-12-14-48-15-13-44)46(35(30)47)11-10-26-6-7-28(39)19-32(26)40/h6-9,19-20,23-25,27,31,33H,10-18,21-22H2,1-5H3,(H,41,42)/t23?,24?,25-,27-,31+,33-/m0/s1. The van der Waals surface area contributed by atoms with E-state index in [1.165, 1.54) is 12.8 Å². The van der Waals surface area contributed by atoms with Crippen LogP contribution in [-0.4, -0.2) is 65.8 Å². The van der Waals surface area contributed by atoms with Gasteiger partial charge in [-0.15, -0.1) is 0 Å². The van der Waals surface area contributed by atoms with Crippen molar-refractivity contribution >= 4 is 51.7 Å². The summed E-state index contributed by atoms with van der Waals surface area (Å²) in [5, 5.41) is 5.56. The van der Waals surface area contributed by atoms with Crippen LogP contribution in [-0.2, 0) is 17.7 Å². The number of halogens is 2. The number of anilines is 2. The van der Waals surface area contributed by atoms with Crippen molar-refractivity contribution in [2.75, 3.05) is 49.6 Å². The van der Waals surface area contributed by atoms with E-state index in [0.29, 0.717) is 95.4 Å². The van der Waals surface area contributed by atoms with Gasteiger partial charge in [-0.1, -0.05) is 63.9 Å². The maximum Gasteiger partial charge on any atom is 0.262 e. The molecule has 6 atom stereocenters. The highest BCUT2D eigenvalue weighted by Crippen LogP contribution is 2.61. The number of fused-ring (bicyclic) bond motifs is 3. The van der Waals surface area contributed by atoms with E-state index in [9.17, 15) is 4.79 Å². The Balaban J connectivity index is 1.22. The number of aromatic nitrogens is 2. The molecule has 3 aromatic rings. The number of nitrogens with one attached hydrogen (secondary N) is 1. The van der Waals surface area contributed by atoms with Crippen molar-refractivity contribution in [3.63, 3.8) is 0 Å². The lowest BCUT2D eigenvalue weighted by Crippen LogP contribution is -2.57. The third-order valence-corrected chi connectivity index (χ3v) is 12.5. The Hall–Kier alpha value is -2.81. The Morgan fingerprint density at radius 2 is 1.77 bits per heavy atom. The molecule has 2 bridgehead atoms.